The molecule has 0 bridgehead atoms. The van der Waals surface area contributed by atoms with E-state index < -0.39 is 11.9 Å². The number of hydrogen-bond acceptors (Lipinski definition) is 4. The van der Waals surface area contributed by atoms with Gasteiger partial charge in [0.25, 0.3) is 0 Å². The second kappa shape index (κ2) is 6.97. The molecule has 10 heteroatoms. The summed E-state index contributed by atoms with van der Waals surface area (Å²) in [5.41, 5.74) is 1.81. The van der Waals surface area contributed by atoms with Gasteiger partial charge in [-0.15, -0.1) is 0 Å². The molecule has 1 fully saturated rings. The Labute approximate surface area is 165 Å². The first kappa shape index (κ1) is 18.5. The van der Waals surface area contributed by atoms with Crippen LogP contribution >= 0.6 is 11.6 Å². The Balaban J connectivity index is 1.55. The molecule has 2 atom stereocenters. The van der Waals surface area contributed by atoms with E-state index in [9.17, 15) is 14.0 Å². The van der Waals surface area contributed by atoms with Crippen molar-refractivity contribution in [1.82, 2.24) is 14.7 Å². The van der Waals surface area contributed by atoms with Gasteiger partial charge in [0.2, 0.25) is 0 Å². The van der Waals surface area contributed by atoms with Crippen LogP contribution in [0.5, 0.6) is 0 Å². The van der Waals surface area contributed by atoms with Gasteiger partial charge < -0.3 is 15.0 Å². The van der Waals surface area contributed by atoms with E-state index >= 15 is 0 Å². The predicted octanol–water partition coefficient (Wildman–Crippen LogP) is 3.46. The van der Waals surface area contributed by atoms with Crippen LogP contribution in [0.3, 0.4) is 0 Å². The van der Waals surface area contributed by atoms with Crippen molar-refractivity contribution < 1.29 is 18.7 Å². The average molecular weight is 408 g/mol. The predicted molar refractivity (Wildman–Crippen MR) is 101 cm³/mol. The molecule has 4 rings (SSSR count). The number of aromatic nitrogens is 2. The van der Waals surface area contributed by atoms with Gasteiger partial charge in [-0.25, -0.2) is 14.0 Å². The SMILES string of the molecule is CC1CN(c2cnn3c2CN(C(=O)Nc2ccc(F)c(Cl)c2)[C@@H](C)C3)C(=O)O1. The summed E-state index contributed by atoms with van der Waals surface area (Å²) in [6.45, 7) is 4.94. The quantitative estimate of drug-likeness (QED) is 0.826. The van der Waals surface area contributed by atoms with Gasteiger partial charge in [-0.05, 0) is 32.0 Å². The summed E-state index contributed by atoms with van der Waals surface area (Å²) in [5.74, 6) is -0.550. The summed E-state index contributed by atoms with van der Waals surface area (Å²) in [4.78, 5) is 28.1. The number of nitrogens with one attached hydrogen (secondary N) is 1. The number of anilines is 2. The van der Waals surface area contributed by atoms with Crippen molar-refractivity contribution >= 4 is 35.1 Å². The van der Waals surface area contributed by atoms with Crippen molar-refractivity contribution in [3.8, 4) is 0 Å². The van der Waals surface area contributed by atoms with Crippen LogP contribution in [0.2, 0.25) is 5.02 Å². The highest BCUT2D eigenvalue weighted by molar-refractivity contribution is 6.31. The number of amides is 3. The smallest absolute Gasteiger partial charge is 0.414 e. The Morgan fingerprint density at radius 1 is 1.36 bits per heavy atom. The largest absolute Gasteiger partial charge is 0.444 e. The highest BCUT2D eigenvalue weighted by Crippen LogP contribution is 2.30. The van der Waals surface area contributed by atoms with E-state index in [0.29, 0.717) is 24.5 Å². The lowest BCUT2D eigenvalue weighted by molar-refractivity contribution is 0.150. The minimum Gasteiger partial charge on any atom is -0.444 e. The van der Waals surface area contributed by atoms with Crippen molar-refractivity contribution in [3.05, 3.63) is 40.9 Å². The van der Waals surface area contributed by atoms with Crippen LogP contribution in [0, 0.1) is 5.82 Å². The average Bonchev–Trinajstić information content (AvgIpc) is 3.19. The van der Waals surface area contributed by atoms with Crippen molar-refractivity contribution in [1.29, 1.82) is 0 Å². The van der Waals surface area contributed by atoms with Crippen LogP contribution in [-0.4, -0.2) is 45.5 Å². The second-order valence-corrected chi connectivity index (χ2v) is 7.41. The highest BCUT2D eigenvalue weighted by Gasteiger charge is 2.36. The molecule has 0 spiro atoms. The fraction of sp³-hybridized carbons (Fsp3) is 0.389. The molecular weight excluding hydrogens is 389 g/mol. The fourth-order valence-electron chi connectivity index (χ4n) is 3.45. The summed E-state index contributed by atoms with van der Waals surface area (Å²) < 4.78 is 20.3. The van der Waals surface area contributed by atoms with E-state index in [4.69, 9.17) is 16.3 Å². The molecule has 1 aromatic carbocycles. The van der Waals surface area contributed by atoms with Crippen LogP contribution in [0.25, 0.3) is 0 Å². The summed E-state index contributed by atoms with van der Waals surface area (Å²) in [6, 6.07) is 3.54. The number of carbonyl (C=O) groups excluding carboxylic acids is 2. The maximum absolute atomic E-state index is 13.3. The first-order valence-electron chi connectivity index (χ1n) is 8.89. The fourth-order valence-corrected chi connectivity index (χ4v) is 3.64. The maximum atomic E-state index is 13.3. The molecule has 0 aliphatic carbocycles. The molecule has 0 saturated carbocycles. The number of benzene rings is 1. The molecule has 2 aliphatic heterocycles. The van der Waals surface area contributed by atoms with Crippen molar-refractivity contribution in [2.75, 3.05) is 16.8 Å². The topological polar surface area (TPSA) is 79.7 Å². The normalized spacial score (nSPS) is 21.5. The van der Waals surface area contributed by atoms with Crippen molar-refractivity contribution in [2.45, 2.75) is 39.1 Å². The van der Waals surface area contributed by atoms with E-state index in [1.54, 1.807) is 15.8 Å². The maximum Gasteiger partial charge on any atom is 0.414 e. The van der Waals surface area contributed by atoms with Gasteiger partial charge in [-0.3, -0.25) is 9.58 Å². The van der Waals surface area contributed by atoms with Gasteiger partial charge in [0.15, 0.2) is 0 Å². The van der Waals surface area contributed by atoms with Crippen LogP contribution in [0.1, 0.15) is 19.5 Å². The Hall–Kier alpha value is -2.81. The molecule has 1 unspecified atom stereocenters. The van der Waals surface area contributed by atoms with Crippen molar-refractivity contribution in [2.24, 2.45) is 0 Å². The molecule has 1 N–H and O–H groups in total. The molecular formula is C18H19ClFN5O3. The number of ether oxygens (including phenoxy) is 1. The van der Waals surface area contributed by atoms with E-state index in [2.05, 4.69) is 10.4 Å². The van der Waals surface area contributed by atoms with E-state index in [1.165, 1.54) is 23.1 Å². The number of rotatable bonds is 2. The Kier molecular flexibility index (Phi) is 4.62. The lowest BCUT2D eigenvalue weighted by Gasteiger charge is -2.34. The number of carbonyl (C=O) groups is 2. The van der Waals surface area contributed by atoms with Crippen LogP contribution < -0.4 is 10.2 Å². The van der Waals surface area contributed by atoms with Gasteiger partial charge in [0, 0.05) is 5.69 Å². The molecule has 3 amide bonds. The summed E-state index contributed by atoms with van der Waals surface area (Å²) in [6.07, 6.45) is 1.01. The number of nitrogens with zero attached hydrogens (tertiary/aromatic N) is 4. The van der Waals surface area contributed by atoms with Crippen LogP contribution in [-0.2, 0) is 17.8 Å². The highest BCUT2D eigenvalue weighted by atomic mass is 35.5. The zero-order valence-corrected chi connectivity index (χ0v) is 16.1. The standard InChI is InChI=1S/C18H19ClFN5O3/c1-10-7-25-16(15(6-21-25)24-8-11(2)28-18(24)27)9-23(10)17(26)22-12-3-4-14(20)13(19)5-12/h3-6,10-11H,7-9H2,1-2H3,(H,22,26)/t10-,11?/m0/s1. The molecule has 1 saturated heterocycles. The first-order chi connectivity index (χ1) is 13.3. The van der Waals surface area contributed by atoms with Gasteiger partial charge in [0.05, 0.1) is 48.3 Å². The number of halogens is 2. The van der Waals surface area contributed by atoms with Gasteiger partial charge in [0.1, 0.15) is 11.9 Å². The molecule has 0 radical (unpaired) electrons. The molecule has 3 heterocycles. The minimum atomic E-state index is -0.550. The molecule has 2 aromatic rings. The number of hydrogen-bond donors (Lipinski definition) is 1. The van der Waals surface area contributed by atoms with E-state index in [-0.39, 0.29) is 29.7 Å². The van der Waals surface area contributed by atoms with Gasteiger partial charge in [-0.2, -0.15) is 5.10 Å². The molecule has 1 aromatic heterocycles. The number of cyclic esters (lactones) is 1. The van der Waals surface area contributed by atoms with Gasteiger partial charge in [-0.1, -0.05) is 11.6 Å². The zero-order valence-electron chi connectivity index (χ0n) is 15.4. The minimum absolute atomic E-state index is 0.0634. The Bertz CT molecular complexity index is 949. The van der Waals surface area contributed by atoms with Crippen LogP contribution in [0.15, 0.2) is 24.4 Å². The van der Waals surface area contributed by atoms with Crippen LogP contribution in [0.4, 0.5) is 25.4 Å². The monoisotopic (exact) mass is 407 g/mol. The van der Waals surface area contributed by atoms with Gasteiger partial charge >= 0.3 is 12.1 Å². The summed E-state index contributed by atoms with van der Waals surface area (Å²) in [7, 11) is 0. The summed E-state index contributed by atoms with van der Waals surface area (Å²) in [5, 5.41) is 7.04. The number of urea groups is 1. The third-order valence-corrected chi connectivity index (χ3v) is 5.19. The third-order valence-electron chi connectivity index (χ3n) is 4.90. The number of fused-ring (bicyclic) bond motifs is 1. The molecule has 148 valence electrons. The van der Waals surface area contributed by atoms with E-state index in [0.717, 1.165) is 5.69 Å². The van der Waals surface area contributed by atoms with E-state index in [1.807, 2.05) is 13.8 Å². The molecule has 8 nitrogen and oxygen atoms in total. The van der Waals surface area contributed by atoms with Crippen molar-refractivity contribution in [3.63, 3.8) is 0 Å². The molecule has 2 aliphatic rings. The first-order valence-corrected chi connectivity index (χ1v) is 9.26. The second-order valence-electron chi connectivity index (χ2n) is 7.00. The summed E-state index contributed by atoms with van der Waals surface area (Å²) >= 11 is 5.78. The lowest BCUT2D eigenvalue weighted by atomic mass is 10.2. The zero-order chi connectivity index (χ0) is 20.0. The Morgan fingerprint density at radius 2 is 2.14 bits per heavy atom. The Morgan fingerprint density at radius 3 is 2.82 bits per heavy atom. The third kappa shape index (κ3) is 3.26. The molecule has 28 heavy (non-hydrogen) atoms. The lowest BCUT2D eigenvalue weighted by Crippen LogP contribution is -2.47.